The highest BCUT2D eigenvalue weighted by Gasteiger charge is 2.27. The maximum atomic E-state index is 12.4. The molecule has 2 aromatic rings. The molecule has 26 heavy (non-hydrogen) atoms. The molecule has 1 fully saturated rings. The van der Waals surface area contributed by atoms with Gasteiger partial charge in [-0.3, -0.25) is 4.79 Å². The molecule has 0 unspecified atom stereocenters. The second-order valence-electron chi connectivity index (χ2n) is 6.89. The number of aryl methyl sites for hydroxylation is 1. The summed E-state index contributed by atoms with van der Waals surface area (Å²) in [6.07, 6.45) is 3.81. The summed E-state index contributed by atoms with van der Waals surface area (Å²) >= 11 is 0. The lowest BCUT2D eigenvalue weighted by Crippen LogP contribution is -2.50. The molecule has 1 saturated heterocycles. The molecule has 0 aliphatic carbocycles. The zero-order chi connectivity index (χ0) is 18.4. The van der Waals surface area contributed by atoms with Crippen LogP contribution in [0, 0.1) is 0 Å². The van der Waals surface area contributed by atoms with Crippen molar-refractivity contribution in [3.8, 4) is 0 Å². The Morgan fingerprint density at radius 2 is 2.27 bits per heavy atom. The molecule has 2 heterocycles. The molecule has 1 aliphatic heterocycles. The number of imidazole rings is 1. The molecule has 1 amide bonds. The lowest BCUT2D eigenvalue weighted by atomic mass is 10.1. The van der Waals surface area contributed by atoms with Crippen molar-refractivity contribution in [2.24, 2.45) is 0 Å². The molecule has 2 N–H and O–H groups in total. The summed E-state index contributed by atoms with van der Waals surface area (Å²) in [5.41, 5.74) is 3.15. The molecule has 0 bridgehead atoms. The number of hydrogen-bond acceptors (Lipinski definition) is 4. The minimum atomic E-state index is -0.0996. The first kappa shape index (κ1) is 18.6. The summed E-state index contributed by atoms with van der Waals surface area (Å²) in [6.45, 7) is 5.83. The summed E-state index contributed by atoms with van der Waals surface area (Å²) in [5.74, 6) is 0.828. The molecule has 1 aromatic carbocycles. The van der Waals surface area contributed by atoms with Crippen LogP contribution in [-0.2, 0) is 20.7 Å². The summed E-state index contributed by atoms with van der Waals surface area (Å²) in [4.78, 5) is 20.1. The quantitative estimate of drug-likeness (QED) is 0.747. The van der Waals surface area contributed by atoms with E-state index in [2.05, 4.69) is 21.4 Å². The second-order valence-corrected chi connectivity index (χ2v) is 6.89. The Bertz CT molecular complexity index is 732. The number of hydrogen-bond donors (Lipinski definition) is 2. The van der Waals surface area contributed by atoms with Gasteiger partial charge in [0.05, 0.1) is 36.4 Å². The Balaban J connectivity index is 1.49. The van der Waals surface area contributed by atoms with Gasteiger partial charge in [0.1, 0.15) is 5.82 Å². The number of fused-ring (bicyclic) bond motifs is 1. The van der Waals surface area contributed by atoms with Crippen LogP contribution in [0.15, 0.2) is 35.9 Å². The number of allylic oxidation sites excluding steroid dienone is 1. The van der Waals surface area contributed by atoms with Crippen molar-refractivity contribution in [2.45, 2.75) is 45.3 Å². The average Bonchev–Trinajstić information content (AvgIpc) is 3.04. The highest BCUT2D eigenvalue weighted by molar-refractivity contribution is 5.77. The molecule has 1 aromatic heterocycles. The van der Waals surface area contributed by atoms with Gasteiger partial charge in [-0.15, -0.1) is 0 Å². The Morgan fingerprint density at radius 3 is 3.08 bits per heavy atom. The maximum Gasteiger partial charge on any atom is 0.220 e. The van der Waals surface area contributed by atoms with E-state index in [4.69, 9.17) is 9.47 Å². The van der Waals surface area contributed by atoms with Gasteiger partial charge in [-0.2, -0.15) is 0 Å². The van der Waals surface area contributed by atoms with Crippen LogP contribution in [0.1, 0.15) is 32.5 Å². The molecule has 3 rings (SSSR count). The van der Waals surface area contributed by atoms with Gasteiger partial charge in [0.25, 0.3) is 0 Å². The van der Waals surface area contributed by atoms with Crippen LogP contribution in [-0.4, -0.2) is 47.8 Å². The SMILES string of the molecule is CC(C)=CCO[C@@H]1CCOC[C@@H]1NC(=O)CCc1nc2ccccc2[nH]1. The van der Waals surface area contributed by atoms with Crippen molar-refractivity contribution >= 4 is 16.9 Å². The fraction of sp³-hybridized carbons (Fsp3) is 0.500. The first-order valence-electron chi connectivity index (χ1n) is 9.17. The van der Waals surface area contributed by atoms with E-state index in [0.717, 1.165) is 23.3 Å². The third-order valence-corrected chi connectivity index (χ3v) is 4.47. The topological polar surface area (TPSA) is 76.2 Å². The lowest BCUT2D eigenvalue weighted by molar-refractivity contribution is -0.125. The number of carbonyl (C=O) groups is 1. The van der Waals surface area contributed by atoms with Crippen LogP contribution in [0.5, 0.6) is 0 Å². The van der Waals surface area contributed by atoms with Crippen molar-refractivity contribution < 1.29 is 14.3 Å². The summed E-state index contributed by atoms with van der Waals surface area (Å²) in [7, 11) is 0. The van der Waals surface area contributed by atoms with E-state index in [1.807, 2.05) is 38.1 Å². The monoisotopic (exact) mass is 357 g/mol. The second kappa shape index (κ2) is 8.96. The van der Waals surface area contributed by atoms with E-state index >= 15 is 0 Å². The van der Waals surface area contributed by atoms with Crippen molar-refractivity contribution in [1.29, 1.82) is 0 Å². The number of carbonyl (C=O) groups excluding carboxylic acids is 1. The van der Waals surface area contributed by atoms with Gasteiger partial charge in [0.2, 0.25) is 5.91 Å². The van der Waals surface area contributed by atoms with Crippen LogP contribution in [0.2, 0.25) is 0 Å². The Kier molecular flexibility index (Phi) is 6.41. The third kappa shape index (κ3) is 5.16. The number of nitrogens with zero attached hydrogens (tertiary/aromatic N) is 1. The van der Waals surface area contributed by atoms with Crippen LogP contribution < -0.4 is 5.32 Å². The van der Waals surface area contributed by atoms with Gasteiger partial charge < -0.3 is 19.8 Å². The van der Waals surface area contributed by atoms with Gasteiger partial charge >= 0.3 is 0 Å². The Hall–Kier alpha value is -2.18. The number of aromatic nitrogens is 2. The van der Waals surface area contributed by atoms with Gasteiger partial charge in [-0.05, 0) is 32.4 Å². The number of para-hydroxylation sites is 2. The van der Waals surface area contributed by atoms with E-state index in [1.165, 1.54) is 5.57 Å². The Morgan fingerprint density at radius 1 is 1.42 bits per heavy atom. The van der Waals surface area contributed by atoms with Crippen molar-refractivity contribution in [3.63, 3.8) is 0 Å². The molecule has 0 spiro atoms. The number of nitrogens with one attached hydrogen (secondary N) is 2. The molecule has 2 atom stereocenters. The predicted octanol–water partition coefficient (Wildman–Crippen LogP) is 2.75. The van der Waals surface area contributed by atoms with Crippen LogP contribution >= 0.6 is 0 Å². The van der Waals surface area contributed by atoms with Gasteiger partial charge in [-0.25, -0.2) is 4.98 Å². The summed E-state index contributed by atoms with van der Waals surface area (Å²) in [6, 6.07) is 7.77. The van der Waals surface area contributed by atoms with E-state index in [-0.39, 0.29) is 18.1 Å². The minimum absolute atomic E-state index is 0.00299. The van der Waals surface area contributed by atoms with E-state index < -0.39 is 0 Å². The highest BCUT2D eigenvalue weighted by atomic mass is 16.5. The van der Waals surface area contributed by atoms with Crippen molar-refractivity contribution in [3.05, 3.63) is 41.7 Å². The first-order chi connectivity index (χ1) is 12.6. The molecule has 0 saturated carbocycles. The molecule has 1 aliphatic rings. The molecule has 6 nitrogen and oxygen atoms in total. The zero-order valence-electron chi connectivity index (χ0n) is 15.5. The van der Waals surface area contributed by atoms with Gasteiger partial charge in [0.15, 0.2) is 0 Å². The highest BCUT2D eigenvalue weighted by Crippen LogP contribution is 2.14. The predicted molar refractivity (Wildman–Crippen MR) is 101 cm³/mol. The number of benzene rings is 1. The number of rotatable bonds is 7. The summed E-state index contributed by atoms with van der Waals surface area (Å²) in [5, 5.41) is 3.06. The standard InChI is InChI=1S/C20H27N3O3/c1-14(2)9-12-26-18-10-11-25-13-17(18)23-20(24)8-7-19-21-15-5-3-4-6-16(15)22-19/h3-6,9,17-18H,7-8,10-13H2,1-2H3,(H,21,22)(H,23,24)/t17-,18+/m0/s1. The Labute approximate surface area is 154 Å². The van der Waals surface area contributed by atoms with Crippen molar-refractivity contribution in [2.75, 3.05) is 19.8 Å². The maximum absolute atomic E-state index is 12.4. The van der Waals surface area contributed by atoms with Crippen LogP contribution in [0.4, 0.5) is 0 Å². The summed E-state index contributed by atoms with van der Waals surface area (Å²) < 4.78 is 11.4. The molecule has 140 valence electrons. The van der Waals surface area contributed by atoms with Crippen molar-refractivity contribution in [1.82, 2.24) is 15.3 Å². The van der Waals surface area contributed by atoms with E-state index in [9.17, 15) is 4.79 Å². The minimum Gasteiger partial charge on any atom is -0.379 e. The molecular formula is C20H27N3O3. The van der Waals surface area contributed by atoms with Crippen LogP contribution in [0.25, 0.3) is 11.0 Å². The fourth-order valence-electron chi connectivity index (χ4n) is 3.03. The molecular weight excluding hydrogens is 330 g/mol. The number of H-pyrrole nitrogens is 1. The average molecular weight is 357 g/mol. The number of amides is 1. The number of aromatic amines is 1. The smallest absolute Gasteiger partial charge is 0.220 e. The lowest BCUT2D eigenvalue weighted by Gasteiger charge is -2.31. The van der Waals surface area contributed by atoms with Gasteiger partial charge in [-0.1, -0.05) is 23.8 Å². The third-order valence-electron chi connectivity index (χ3n) is 4.47. The van der Waals surface area contributed by atoms with E-state index in [1.54, 1.807) is 0 Å². The van der Waals surface area contributed by atoms with E-state index in [0.29, 0.717) is 32.7 Å². The molecule has 6 heteroatoms. The first-order valence-corrected chi connectivity index (χ1v) is 9.17. The normalized spacial score (nSPS) is 20.1. The van der Waals surface area contributed by atoms with Gasteiger partial charge in [0, 0.05) is 19.4 Å². The molecule has 0 radical (unpaired) electrons. The fourth-order valence-corrected chi connectivity index (χ4v) is 3.03. The number of ether oxygens (including phenoxy) is 2. The largest absolute Gasteiger partial charge is 0.379 e. The van der Waals surface area contributed by atoms with Crippen LogP contribution in [0.3, 0.4) is 0 Å². The zero-order valence-corrected chi connectivity index (χ0v) is 15.5.